The average molecular weight is 519 g/mol. The van der Waals surface area contributed by atoms with Gasteiger partial charge in [-0.3, -0.25) is 9.59 Å². The third kappa shape index (κ3) is 4.99. The van der Waals surface area contributed by atoms with E-state index in [0.717, 1.165) is 17.8 Å². The van der Waals surface area contributed by atoms with Crippen molar-refractivity contribution in [2.24, 2.45) is 5.16 Å². The van der Waals surface area contributed by atoms with Crippen molar-refractivity contribution in [1.29, 1.82) is 0 Å². The minimum atomic E-state index is -0.822. The predicted octanol–water partition coefficient (Wildman–Crippen LogP) is 4.51. The van der Waals surface area contributed by atoms with Crippen LogP contribution in [0.5, 0.6) is 0 Å². The molecule has 1 aromatic carbocycles. The Kier molecular flexibility index (Phi) is 6.66. The number of nitrogens with zero attached hydrogens (tertiary/aromatic N) is 4. The molecule has 2 aromatic heterocycles. The lowest BCUT2D eigenvalue weighted by molar-refractivity contribution is -0.132. The molecule has 35 heavy (non-hydrogen) atoms. The van der Waals surface area contributed by atoms with Crippen LogP contribution in [0.3, 0.4) is 0 Å². The number of pyridine rings is 1. The third-order valence-corrected chi connectivity index (χ3v) is 7.49. The van der Waals surface area contributed by atoms with Crippen LogP contribution in [0.25, 0.3) is 0 Å². The Balaban J connectivity index is 1.18. The lowest BCUT2D eigenvalue weighted by Crippen LogP contribution is -2.41. The standard InChI is InChI=1S/C24H21ClF2N4O3S/c25-15-4-5-21(32)31(11-15)12-22(33)30-8-6-14(7-9-30)24-28-19(13-35-24)18-10-20(34-29-18)23-16(26)2-1-3-17(23)27/h1-5,11,13-14,20H,6-10,12H2. The minimum Gasteiger partial charge on any atom is -0.387 e. The van der Waals surface area contributed by atoms with Crippen LogP contribution in [-0.2, 0) is 16.2 Å². The van der Waals surface area contributed by atoms with Gasteiger partial charge in [-0.25, -0.2) is 13.8 Å². The number of aromatic nitrogens is 2. The molecule has 182 valence electrons. The number of likely N-dealkylation sites (tertiary alicyclic amines) is 1. The Morgan fingerprint density at radius 3 is 2.66 bits per heavy atom. The van der Waals surface area contributed by atoms with Gasteiger partial charge in [-0.1, -0.05) is 22.8 Å². The second-order valence-electron chi connectivity index (χ2n) is 8.51. The van der Waals surface area contributed by atoms with E-state index in [1.54, 1.807) is 4.90 Å². The van der Waals surface area contributed by atoms with Crippen LogP contribution in [0, 0.1) is 11.6 Å². The Morgan fingerprint density at radius 2 is 1.91 bits per heavy atom. The molecule has 0 N–H and O–H groups in total. The zero-order valence-corrected chi connectivity index (χ0v) is 20.1. The van der Waals surface area contributed by atoms with E-state index < -0.39 is 17.7 Å². The summed E-state index contributed by atoms with van der Waals surface area (Å²) in [5.41, 5.74) is 0.799. The molecule has 0 aliphatic carbocycles. The third-order valence-electron chi connectivity index (χ3n) is 6.26. The van der Waals surface area contributed by atoms with Crippen molar-refractivity contribution in [2.75, 3.05) is 13.1 Å². The second-order valence-corrected chi connectivity index (χ2v) is 9.84. The maximum atomic E-state index is 14.1. The number of amides is 1. The largest absolute Gasteiger partial charge is 0.387 e. The van der Waals surface area contributed by atoms with Crippen molar-refractivity contribution in [3.63, 3.8) is 0 Å². The highest BCUT2D eigenvalue weighted by atomic mass is 35.5. The summed E-state index contributed by atoms with van der Waals surface area (Å²) in [6.07, 6.45) is 2.37. The number of hydrogen-bond donors (Lipinski definition) is 0. The maximum Gasteiger partial charge on any atom is 0.251 e. The number of oxime groups is 1. The van der Waals surface area contributed by atoms with Gasteiger partial charge in [0.25, 0.3) is 5.56 Å². The van der Waals surface area contributed by atoms with Gasteiger partial charge in [0.15, 0.2) is 6.10 Å². The lowest BCUT2D eigenvalue weighted by Gasteiger charge is -2.31. The van der Waals surface area contributed by atoms with E-state index in [0.29, 0.717) is 29.5 Å². The molecule has 1 atom stereocenters. The zero-order valence-electron chi connectivity index (χ0n) is 18.5. The normalized spacial score (nSPS) is 18.4. The fourth-order valence-corrected chi connectivity index (χ4v) is 5.54. The molecule has 1 unspecified atom stereocenters. The molecule has 7 nitrogen and oxygen atoms in total. The monoisotopic (exact) mass is 518 g/mol. The van der Waals surface area contributed by atoms with Gasteiger partial charge in [0, 0.05) is 43.1 Å². The van der Waals surface area contributed by atoms with Gasteiger partial charge in [-0.05, 0) is 31.0 Å². The molecule has 2 aliphatic heterocycles. The highest BCUT2D eigenvalue weighted by molar-refractivity contribution is 7.10. The van der Waals surface area contributed by atoms with Gasteiger partial charge in [-0.2, -0.15) is 0 Å². The molecule has 0 radical (unpaired) electrons. The van der Waals surface area contributed by atoms with Gasteiger partial charge >= 0.3 is 0 Å². The predicted molar refractivity (Wildman–Crippen MR) is 128 cm³/mol. The smallest absolute Gasteiger partial charge is 0.251 e. The van der Waals surface area contributed by atoms with E-state index in [-0.39, 0.29) is 35.9 Å². The number of carbonyl (C=O) groups is 1. The van der Waals surface area contributed by atoms with Crippen molar-refractivity contribution in [3.05, 3.63) is 85.2 Å². The number of hydrogen-bond acceptors (Lipinski definition) is 6. The van der Waals surface area contributed by atoms with E-state index in [1.165, 1.54) is 52.4 Å². The van der Waals surface area contributed by atoms with Crippen LogP contribution < -0.4 is 5.56 Å². The number of benzene rings is 1. The van der Waals surface area contributed by atoms with Crippen LogP contribution in [0.4, 0.5) is 8.78 Å². The van der Waals surface area contributed by atoms with Crippen LogP contribution in [0.1, 0.15) is 47.5 Å². The number of halogens is 3. The summed E-state index contributed by atoms with van der Waals surface area (Å²) >= 11 is 7.44. The Labute approximate surface area is 208 Å². The summed E-state index contributed by atoms with van der Waals surface area (Å²) in [6.45, 7) is 1.08. The molecular formula is C24H21ClF2N4O3S. The molecular weight excluding hydrogens is 498 g/mol. The minimum absolute atomic E-state index is 0.0466. The van der Waals surface area contributed by atoms with Gasteiger partial charge in [-0.15, -0.1) is 11.3 Å². The van der Waals surface area contributed by atoms with E-state index in [4.69, 9.17) is 21.4 Å². The fourth-order valence-electron chi connectivity index (χ4n) is 4.36. The highest BCUT2D eigenvalue weighted by Crippen LogP contribution is 2.35. The fraction of sp³-hybridized carbons (Fsp3) is 0.333. The van der Waals surface area contributed by atoms with E-state index in [2.05, 4.69) is 5.16 Å². The summed E-state index contributed by atoms with van der Waals surface area (Å²) in [5, 5.41) is 7.24. The lowest BCUT2D eigenvalue weighted by atomic mass is 9.97. The van der Waals surface area contributed by atoms with E-state index >= 15 is 0 Å². The molecule has 11 heteroatoms. The molecule has 0 bridgehead atoms. The zero-order chi connectivity index (χ0) is 24.5. The summed E-state index contributed by atoms with van der Waals surface area (Å²) < 4.78 is 29.5. The second kappa shape index (κ2) is 9.87. The summed E-state index contributed by atoms with van der Waals surface area (Å²) in [7, 11) is 0. The summed E-state index contributed by atoms with van der Waals surface area (Å²) in [6, 6.07) is 6.56. The first kappa shape index (κ1) is 23.6. The van der Waals surface area contributed by atoms with Gasteiger partial charge in [0.1, 0.15) is 23.9 Å². The van der Waals surface area contributed by atoms with Crippen molar-refractivity contribution in [2.45, 2.75) is 37.8 Å². The van der Waals surface area contributed by atoms with Crippen LogP contribution in [-0.4, -0.2) is 39.2 Å². The molecule has 3 aromatic rings. The van der Waals surface area contributed by atoms with E-state index in [9.17, 15) is 18.4 Å². The Morgan fingerprint density at radius 1 is 1.17 bits per heavy atom. The van der Waals surface area contributed by atoms with Crippen molar-refractivity contribution in [1.82, 2.24) is 14.5 Å². The van der Waals surface area contributed by atoms with Gasteiger partial charge < -0.3 is 14.3 Å². The van der Waals surface area contributed by atoms with Crippen molar-refractivity contribution in [3.8, 4) is 0 Å². The van der Waals surface area contributed by atoms with Crippen molar-refractivity contribution >= 4 is 34.6 Å². The number of thiazole rings is 1. The van der Waals surface area contributed by atoms with Gasteiger partial charge in [0.05, 0.1) is 21.3 Å². The topological polar surface area (TPSA) is 76.8 Å². The van der Waals surface area contributed by atoms with Gasteiger partial charge in [0.2, 0.25) is 5.91 Å². The first-order valence-corrected chi connectivity index (χ1v) is 12.4. The SMILES string of the molecule is O=C(Cn1cc(Cl)ccc1=O)N1CCC(c2nc(C3=NOC(c4c(F)cccc4F)C3)cs2)CC1. The molecule has 0 spiro atoms. The quantitative estimate of drug-likeness (QED) is 0.498. The van der Waals surface area contributed by atoms with Crippen LogP contribution in [0.15, 0.2) is 51.9 Å². The molecule has 0 saturated carbocycles. The Bertz CT molecular complexity index is 1330. The first-order chi connectivity index (χ1) is 16.9. The highest BCUT2D eigenvalue weighted by Gasteiger charge is 2.31. The molecule has 1 amide bonds. The van der Waals surface area contributed by atoms with E-state index in [1.807, 2.05) is 5.38 Å². The molecule has 5 rings (SSSR count). The molecule has 1 fully saturated rings. The Hall–Kier alpha value is -3.11. The summed E-state index contributed by atoms with van der Waals surface area (Å²) in [4.78, 5) is 36.4. The summed E-state index contributed by atoms with van der Waals surface area (Å²) in [5.74, 6) is -1.26. The van der Waals surface area contributed by atoms with Crippen LogP contribution in [0.2, 0.25) is 5.02 Å². The molecule has 4 heterocycles. The van der Waals surface area contributed by atoms with Crippen molar-refractivity contribution < 1.29 is 18.4 Å². The number of carbonyl (C=O) groups excluding carboxylic acids is 1. The first-order valence-electron chi connectivity index (χ1n) is 11.1. The molecule has 1 saturated heterocycles. The maximum absolute atomic E-state index is 14.1. The molecule has 2 aliphatic rings. The number of rotatable bonds is 5. The van der Waals surface area contributed by atoms with Crippen LogP contribution >= 0.6 is 22.9 Å². The average Bonchev–Trinajstić information content (AvgIpc) is 3.52. The number of piperidine rings is 1.